The van der Waals surface area contributed by atoms with E-state index in [-0.39, 0.29) is 21.7 Å². The van der Waals surface area contributed by atoms with Crippen molar-refractivity contribution in [2.24, 2.45) is 0 Å². The zero-order valence-electron chi connectivity index (χ0n) is 18.9. The highest BCUT2D eigenvalue weighted by molar-refractivity contribution is 7.18. The lowest BCUT2D eigenvalue weighted by atomic mass is 10.1. The summed E-state index contributed by atoms with van der Waals surface area (Å²) in [5.41, 5.74) is 7.91. The Morgan fingerprint density at radius 2 is 1.66 bits per heavy atom. The maximum Gasteiger partial charge on any atom is 0.253 e. The molecule has 0 bridgehead atoms. The van der Waals surface area contributed by atoms with E-state index >= 15 is 0 Å². The Morgan fingerprint density at radius 1 is 1.00 bits per heavy atom. The number of nitrogen functional groups attached to an aromatic ring is 1. The highest BCUT2D eigenvalue weighted by Crippen LogP contribution is 2.31. The van der Waals surface area contributed by atoms with E-state index in [4.69, 9.17) is 5.73 Å². The average Bonchev–Trinajstić information content (AvgIpc) is 3.18. The predicted octanol–water partition coefficient (Wildman–Crippen LogP) is 4.95. The van der Waals surface area contributed by atoms with Crippen molar-refractivity contribution in [1.82, 2.24) is 14.9 Å². The second-order valence-corrected chi connectivity index (χ2v) is 8.79. The van der Waals surface area contributed by atoms with Crippen LogP contribution in [-0.4, -0.2) is 33.6 Å². The number of carbonyl (C=O) groups excluding carboxylic acids is 2. The lowest BCUT2D eigenvalue weighted by Gasteiger charge is -2.17. The fourth-order valence-electron chi connectivity index (χ4n) is 3.42. The van der Waals surface area contributed by atoms with Gasteiger partial charge in [-0.3, -0.25) is 14.6 Å². The van der Waals surface area contributed by atoms with Crippen molar-refractivity contribution >= 4 is 39.7 Å². The van der Waals surface area contributed by atoms with Crippen molar-refractivity contribution in [3.8, 4) is 0 Å². The molecular formula is C25H21F2N5O2S. The Hall–Kier alpha value is -4.18. The number of amides is 1. The molecule has 2 heterocycles. The zero-order chi connectivity index (χ0) is 25.1. The van der Waals surface area contributed by atoms with Gasteiger partial charge in [0.2, 0.25) is 5.78 Å². The van der Waals surface area contributed by atoms with E-state index in [9.17, 15) is 18.4 Å². The molecule has 4 aromatic rings. The number of hydrogen-bond donors (Lipinski definition) is 2. The Bertz CT molecular complexity index is 1390. The van der Waals surface area contributed by atoms with Crippen LogP contribution in [0.25, 0.3) is 0 Å². The van der Waals surface area contributed by atoms with Gasteiger partial charge in [0.15, 0.2) is 5.13 Å². The molecule has 0 atom stereocenters. The number of benzene rings is 2. The topological polar surface area (TPSA) is 101 Å². The summed E-state index contributed by atoms with van der Waals surface area (Å²) in [7, 11) is 1.70. The fourth-order valence-corrected chi connectivity index (χ4v) is 4.27. The van der Waals surface area contributed by atoms with Crippen molar-refractivity contribution < 1.29 is 18.4 Å². The number of aryl methyl sites for hydroxylation is 1. The van der Waals surface area contributed by atoms with E-state index in [1.54, 1.807) is 36.2 Å². The molecule has 0 aliphatic carbocycles. The Kier molecular flexibility index (Phi) is 6.83. The molecule has 35 heavy (non-hydrogen) atoms. The molecule has 178 valence electrons. The minimum atomic E-state index is -0.972. The number of aromatic nitrogens is 2. The van der Waals surface area contributed by atoms with Crippen LogP contribution in [0.15, 0.2) is 60.7 Å². The maximum absolute atomic E-state index is 14.0. The van der Waals surface area contributed by atoms with Crippen LogP contribution in [0, 0.1) is 18.6 Å². The summed E-state index contributed by atoms with van der Waals surface area (Å²) in [4.78, 5) is 35.4. The normalized spacial score (nSPS) is 10.7. The number of pyridine rings is 1. The molecule has 3 N–H and O–H groups in total. The van der Waals surface area contributed by atoms with Crippen LogP contribution in [-0.2, 0) is 6.54 Å². The molecule has 0 aliphatic heterocycles. The van der Waals surface area contributed by atoms with E-state index in [0.717, 1.165) is 34.9 Å². The molecule has 0 saturated carbocycles. The number of carbonyl (C=O) groups is 2. The molecule has 0 unspecified atom stereocenters. The second-order valence-electron chi connectivity index (χ2n) is 7.79. The molecule has 0 saturated heterocycles. The van der Waals surface area contributed by atoms with Crippen molar-refractivity contribution in [2.75, 3.05) is 18.1 Å². The first-order chi connectivity index (χ1) is 16.7. The van der Waals surface area contributed by atoms with Crippen LogP contribution in [0.2, 0.25) is 0 Å². The number of anilines is 3. The number of ketones is 1. The lowest BCUT2D eigenvalue weighted by Crippen LogP contribution is -2.26. The highest BCUT2D eigenvalue weighted by atomic mass is 32.1. The summed E-state index contributed by atoms with van der Waals surface area (Å²) in [6.07, 6.45) is 0. The first-order valence-electron chi connectivity index (χ1n) is 10.5. The van der Waals surface area contributed by atoms with E-state index in [1.807, 2.05) is 25.1 Å². The van der Waals surface area contributed by atoms with Crippen molar-refractivity contribution in [3.63, 3.8) is 0 Å². The van der Waals surface area contributed by atoms with Crippen LogP contribution >= 0.6 is 11.3 Å². The summed E-state index contributed by atoms with van der Waals surface area (Å²) in [5, 5.41) is 3.26. The molecule has 10 heteroatoms. The van der Waals surface area contributed by atoms with Gasteiger partial charge in [0, 0.05) is 24.0 Å². The van der Waals surface area contributed by atoms with Crippen molar-refractivity contribution in [1.29, 1.82) is 0 Å². The Balaban J connectivity index is 1.45. The van der Waals surface area contributed by atoms with E-state index in [2.05, 4.69) is 15.3 Å². The molecule has 0 spiro atoms. The zero-order valence-corrected chi connectivity index (χ0v) is 19.7. The maximum atomic E-state index is 14.0. The summed E-state index contributed by atoms with van der Waals surface area (Å²) >= 11 is 0.880. The molecule has 2 aromatic carbocycles. The third-order valence-corrected chi connectivity index (χ3v) is 6.11. The van der Waals surface area contributed by atoms with E-state index < -0.39 is 23.0 Å². The minimum Gasteiger partial charge on any atom is -0.382 e. The standard InChI is InChI=1S/C25H21F2N5O2S/c1-14-5-3-6-17(29-14)13-32(2)24(34)15-9-11-16(12-10-15)30-25-31-23(28)22(35-25)21(33)20-18(26)7-4-8-19(20)27/h3-12H,13,28H2,1-2H3,(H,30,31). The quantitative estimate of drug-likeness (QED) is 0.353. The summed E-state index contributed by atoms with van der Waals surface area (Å²) in [6.45, 7) is 2.27. The molecule has 0 aliphatic rings. The van der Waals surface area contributed by atoms with Gasteiger partial charge >= 0.3 is 0 Å². The number of nitrogens with zero attached hydrogens (tertiary/aromatic N) is 3. The molecule has 1 amide bonds. The van der Waals surface area contributed by atoms with Crippen LogP contribution in [0.3, 0.4) is 0 Å². The Labute approximate surface area is 204 Å². The molecule has 2 aromatic heterocycles. The van der Waals surface area contributed by atoms with Crippen LogP contribution < -0.4 is 11.1 Å². The number of rotatable bonds is 7. The third kappa shape index (κ3) is 5.33. The van der Waals surface area contributed by atoms with Crippen LogP contribution in [0.5, 0.6) is 0 Å². The number of nitrogens with one attached hydrogen (secondary N) is 1. The first-order valence-corrected chi connectivity index (χ1v) is 11.3. The van der Waals surface area contributed by atoms with Gasteiger partial charge in [0.05, 0.1) is 17.8 Å². The van der Waals surface area contributed by atoms with Gasteiger partial charge in [-0.2, -0.15) is 0 Å². The summed E-state index contributed by atoms with van der Waals surface area (Å²) in [5.74, 6) is -3.13. The van der Waals surface area contributed by atoms with Gasteiger partial charge in [0.25, 0.3) is 5.91 Å². The fraction of sp³-hybridized carbons (Fsp3) is 0.120. The second kappa shape index (κ2) is 9.98. The summed E-state index contributed by atoms with van der Waals surface area (Å²) in [6, 6.07) is 15.5. The van der Waals surface area contributed by atoms with Gasteiger partial charge in [-0.1, -0.05) is 23.5 Å². The minimum absolute atomic E-state index is 0.0744. The summed E-state index contributed by atoms with van der Waals surface area (Å²) < 4.78 is 28.0. The largest absolute Gasteiger partial charge is 0.382 e. The highest BCUT2D eigenvalue weighted by Gasteiger charge is 2.24. The van der Waals surface area contributed by atoms with Crippen molar-refractivity contribution in [2.45, 2.75) is 13.5 Å². The van der Waals surface area contributed by atoms with E-state index in [1.165, 1.54) is 6.07 Å². The van der Waals surface area contributed by atoms with Gasteiger partial charge in [-0.05, 0) is 55.5 Å². The van der Waals surface area contributed by atoms with Gasteiger partial charge in [0.1, 0.15) is 22.3 Å². The van der Waals surface area contributed by atoms with Crippen LogP contribution in [0.4, 0.5) is 25.4 Å². The molecule has 0 radical (unpaired) electrons. The Morgan fingerprint density at radius 3 is 2.31 bits per heavy atom. The van der Waals surface area contributed by atoms with Crippen LogP contribution in [0.1, 0.15) is 37.0 Å². The van der Waals surface area contributed by atoms with E-state index in [0.29, 0.717) is 17.8 Å². The molecule has 7 nitrogen and oxygen atoms in total. The lowest BCUT2D eigenvalue weighted by molar-refractivity contribution is 0.0783. The van der Waals surface area contributed by atoms with Crippen molar-refractivity contribution in [3.05, 3.63) is 99.7 Å². The molecule has 4 rings (SSSR count). The number of nitrogens with two attached hydrogens (primary N) is 1. The van der Waals surface area contributed by atoms with Gasteiger partial charge in [-0.15, -0.1) is 0 Å². The number of thiazole rings is 1. The smallest absolute Gasteiger partial charge is 0.253 e. The van der Waals surface area contributed by atoms with Gasteiger partial charge < -0.3 is 16.0 Å². The molecular weight excluding hydrogens is 472 g/mol. The average molecular weight is 494 g/mol. The molecule has 0 fully saturated rings. The number of hydrogen-bond acceptors (Lipinski definition) is 7. The predicted molar refractivity (Wildman–Crippen MR) is 131 cm³/mol. The third-order valence-electron chi connectivity index (χ3n) is 5.12. The number of halogens is 2. The van der Waals surface area contributed by atoms with Gasteiger partial charge in [-0.25, -0.2) is 13.8 Å². The first kappa shape index (κ1) is 24.0. The monoisotopic (exact) mass is 493 g/mol. The SMILES string of the molecule is Cc1cccc(CN(C)C(=O)c2ccc(Nc3nc(N)c(C(=O)c4c(F)cccc4F)s3)cc2)n1.